The van der Waals surface area contributed by atoms with E-state index in [1.807, 2.05) is 6.07 Å². The molecule has 1 saturated heterocycles. The zero-order chi connectivity index (χ0) is 14.1. The molecule has 0 aliphatic carbocycles. The molecule has 1 aromatic carbocycles. The summed E-state index contributed by atoms with van der Waals surface area (Å²) in [5.41, 5.74) is 6.10. The molecule has 1 aliphatic rings. The third-order valence-electron chi connectivity index (χ3n) is 2.78. The van der Waals surface area contributed by atoms with Crippen LogP contribution in [0.2, 0.25) is 0 Å². The molecule has 0 saturated carbocycles. The van der Waals surface area contributed by atoms with Crippen LogP contribution >= 0.6 is 23.1 Å². The van der Waals surface area contributed by atoms with Crippen molar-refractivity contribution >= 4 is 45.7 Å². The standard InChI is InChI=1S/C12H10N4O2S2/c13-11-14-15-12(20-11)19-8-6-9(17)16(10(8)18)7-4-2-1-3-5-7/h1-5,8H,6H2,(H2,13,14)/t8-/m0/s1. The summed E-state index contributed by atoms with van der Waals surface area (Å²) in [6.07, 6.45) is 0.165. The Hall–Kier alpha value is -1.93. The number of nitrogens with zero attached hydrogens (tertiary/aromatic N) is 3. The molecule has 3 rings (SSSR count). The van der Waals surface area contributed by atoms with E-state index in [1.54, 1.807) is 24.3 Å². The summed E-state index contributed by atoms with van der Waals surface area (Å²) in [7, 11) is 0. The number of para-hydroxylation sites is 1. The van der Waals surface area contributed by atoms with Crippen molar-refractivity contribution in [2.75, 3.05) is 10.6 Å². The Morgan fingerprint density at radius 2 is 2.00 bits per heavy atom. The van der Waals surface area contributed by atoms with Crippen LogP contribution in [-0.2, 0) is 9.59 Å². The van der Waals surface area contributed by atoms with E-state index < -0.39 is 5.25 Å². The monoisotopic (exact) mass is 306 g/mol. The summed E-state index contributed by atoms with van der Waals surface area (Å²) in [6.45, 7) is 0. The number of carbonyl (C=O) groups excluding carboxylic acids is 2. The van der Waals surface area contributed by atoms with E-state index in [9.17, 15) is 9.59 Å². The molecule has 2 aromatic rings. The second kappa shape index (κ2) is 5.22. The first-order chi connectivity index (χ1) is 9.65. The van der Waals surface area contributed by atoms with Gasteiger partial charge in [0.1, 0.15) is 5.25 Å². The first-order valence-electron chi connectivity index (χ1n) is 5.82. The van der Waals surface area contributed by atoms with Crippen molar-refractivity contribution in [1.29, 1.82) is 0 Å². The molecule has 1 fully saturated rings. The van der Waals surface area contributed by atoms with Gasteiger partial charge in [0.25, 0.3) is 0 Å². The highest BCUT2D eigenvalue weighted by Crippen LogP contribution is 2.35. The predicted molar refractivity (Wildman–Crippen MR) is 77.5 cm³/mol. The number of carbonyl (C=O) groups is 2. The van der Waals surface area contributed by atoms with Crippen molar-refractivity contribution in [3.05, 3.63) is 30.3 Å². The molecule has 6 nitrogen and oxygen atoms in total. The molecule has 1 atom stereocenters. The molecular formula is C12H10N4O2S2. The van der Waals surface area contributed by atoms with Gasteiger partial charge in [0.05, 0.1) is 5.69 Å². The van der Waals surface area contributed by atoms with Crippen molar-refractivity contribution < 1.29 is 9.59 Å². The number of thioether (sulfide) groups is 1. The minimum atomic E-state index is -0.463. The van der Waals surface area contributed by atoms with Crippen LogP contribution in [0.3, 0.4) is 0 Å². The van der Waals surface area contributed by atoms with Crippen LogP contribution < -0.4 is 10.6 Å². The average molecular weight is 306 g/mol. The molecule has 1 aromatic heterocycles. The predicted octanol–water partition coefficient (Wildman–Crippen LogP) is 1.54. The van der Waals surface area contributed by atoms with Gasteiger partial charge in [0.2, 0.25) is 16.9 Å². The summed E-state index contributed by atoms with van der Waals surface area (Å²) >= 11 is 2.45. The maximum absolute atomic E-state index is 12.3. The van der Waals surface area contributed by atoms with Crippen molar-refractivity contribution in [2.24, 2.45) is 0 Å². The smallest absolute Gasteiger partial charge is 0.247 e. The fourth-order valence-corrected chi connectivity index (χ4v) is 3.84. The fourth-order valence-electron chi connectivity index (χ4n) is 1.93. The van der Waals surface area contributed by atoms with Gasteiger partial charge in [-0.05, 0) is 12.1 Å². The third kappa shape index (κ3) is 2.39. The number of anilines is 2. The Morgan fingerprint density at radius 3 is 2.65 bits per heavy atom. The van der Waals surface area contributed by atoms with Crippen LogP contribution in [0.4, 0.5) is 10.8 Å². The highest BCUT2D eigenvalue weighted by molar-refractivity contribution is 8.02. The van der Waals surface area contributed by atoms with Crippen LogP contribution in [-0.4, -0.2) is 27.3 Å². The Balaban J connectivity index is 1.80. The van der Waals surface area contributed by atoms with Gasteiger partial charge in [0, 0.05) is 6.42 Å². The van der Waals surface area contributed by atoms with E-state index >= 15 is 0 Å². The summed E-state index contributed by atoms with van der Waals surface area (Å²) < 4.78 is 0.601. The fraction of sp³-hybridized carbons (Fsp3) is 0.167. The number of aromatic nitrogens is 2. The number of imide groups is 1. The Labute approximate surface area is 123 Å². The van der Waals surface area contributed by atoms with Crippen molar-refractivity contribution in [2.45, 2.75) is 16.0 Å². The molecule has 8 heteroatoms. The molecule has 20 heavy (non-hydrogen) atoms. The molecule has 2 N–H and O–H groups in total. The molecule has 1 aliphatic heterocycles. The van der Waals surface area contributed by atoms with E-state index in [2.05, 4.69) is 10.2 Å². The highest BCUT2D eigenvalue weighted by atomic mass is 32.2. The summed E-state index contributed by atoms with van der Waals surface area (Å²) in [4.78, 5) is 25.6. The molecule has 2 amide bonds. The van der Waals surface area contributed by atoms with Gasteiger partial charge in [-0.15, -0.1) is 10.2 Å². The van der Waals surface area contributed by atoms with Crippen LogP contribution in [0.1, 0.15) is 6.42 Å². The highest BCUT2D eigenvalue weighted by Gasteiger charge is 2.40. The van der Waals surface area contributed by atoms with Crippen molar-refractivity contribution in [1.82, 2.24) is 10.2 Å². The van der Waals surface area contributed by atoms with E-state index in [-0.39, 0.29) is 18.2 Å². The molecule has 2 heterocycles. The lowest BCUT2D eigenvalue weighted by molar-refractivity contribution is -0.121. The normalized spacial score (nSPS) is 18.8. The number of nitrogens with two attached hydrogens (primary N) is 1. The van der Waals surface area contributed by atoms with Crippen LogP contribution in [0.25, 0.3) is 0 Å². The van der Waals surface area contributed by atoms with Gasteiger partial charge in [0.15, 0.2) is 4.34 Å². The van der Waals surface area contributed by atoms with Gasteiger partial charge in [-0.25, -0.2) is 4.90 Å². The molecule has 0 unspecified atom stereocenters. The first-order valence-corrected chi connectivity index (χ1v) is 7.52. The van der Waals surface area contributed by atoms with Crippen LogP contribution in [0.15, 0.2) is 34.7 Å². The lowest BCUT2D eigenvalue weighted by Crippen LogP contribution is -2.30. The number of rotatable bonds is 3. The van der Waals surface area contributed by atoms with Gasteiger partial charge in [-0.3, -0.25) is 9.59 Å². The van der Waals surface area contributed by atoms with Gasteiger partial charge < -0.3 is 5.73 Å². The van der Waals surface area contributed by atoms with E-state index in [0.717, 1.165) is 0 Å². The van der Waals surface area contributed by atoms with Crippen LogP contribution in [0.5, 0.6) is 0 Å². The second-order valence-electron chi connectivity index (χ2n) is 4.12. The van der Waals surface area contributed by atoms with Gasteiger partial charge in [-0.2, -0.15) is 0 Å². The Bertz CT molecular complexity index is 658. The zero-order valence-corrected chi connectivity index (χ0v) is 11.9. The Morgan fingerprint density at radius 1 is 1.25 bits per heavy atom. The molecule has 102 valence electrons. The van der Waals surface area contributed by atoms with Crippen LogP contribution in [0, 0.1) is 0 Å². The second-order valence-corrected chi connectivity index (χ2v) is 6.58. The number of amides is 2. The molecular weight excluding hydrogens is 296 g/mol. The SMILES string of the molecule is Nc1nnc(S[C@H]2CC(=O)N(c3ccccc3)C2=O)s1. The minimum Gasteiger partial charge on any atom is -0.374 e. The van der Waals surface area contributed by atoms with E-state index in [1.165, 1.54) is 28.0 Å². The number of benzene rings is 1. The van der Waals surface area contributed by atoms with E-state index in [0.29, 0.717) is 15.2 Å². The number of hydrogen-bond donors (Lipinski definition) is 1. The molecule has 0 bridgehead atoms. The Kier molecular flexibility index (Phi) is 3.41. The minimum absolute atomic E-state index is 0.165. The largest absolute Gasteiger partial charge is 0.374 e. The summed E-state index contributed by atoms with van der Waals surface area (Å²) in [6, 6.07) is 8.91. The molecule has 0 radical (unpaired) electrons. The van der Waals surface area contributed by atoms with Gasteiger partial charge >= 0.3 is 0 Å². The maximum atomic E-state index is 12.3. The topological polar surface area (TPSA) is 89.2 Å². The number of nitrogen functional groups attached to an aromatic ring is 1. The van der Waals surface area contributed by atoms with Crippen molar-refractivity contribution in [3.63, 3.8) is 0 Å². The lowest BCUT2D eigenvalue weighted by atomic mass is 10.3. The third-order valence-corrected chi connectivity index (χ3v) is 4.81. The zero-order valence-electron chi connectivity index (χ0n) is 10.2. The quantitative estimate of drug-likeness (QED) is 0.865. The molecule has 0 spiro atoms. The summed E-state index contributed by atoms with van der Waals surface area (Å²) in [5.74, 6) is -0.420. The average Bonchev–Trinajstić information content (AvgIpc) is 2.96. The van der Waals surface area contributed by atoms with Crippen molar-refractivity contribution in [3.8, 4) is 0 Å². The lowest BCUT2D eigenvalue weighted by Gasteiger charge is -2.14. The van der Waals surface area contributed by atoms with Gasteiger partial charge in [-0.1, -0.05) is 41.3 Å². The summed E-state index contributed by atoms with van der Waals surface area (Å²) in [5, 5.41) is 7.44. The number of hydrogen-bond acceptors (Lipinski definition) is 7. The van der Waals surface area contributed by atoms with E-state index in [4.69, 9.17) is 5.73 Å². The first kappa shape index (κ1) is 13.1. The maximum Gasteiger partial charge on any atom is 0.247 e.